The SMILES string of the molecule is CCC(O[Si](C)(C)C(C)(C)C)C1CCC(CNC(=O)OC(C)(C)C)(c2nc(C(=O)NCc3ccc(F)cc3)c(O)c(=O)[nH]2)CO1. The summed E-state index contributed by atoms with van der Waals surface area (Å²) in [5.74, 6) is -1.95. The molecule has 0 radical (unpaired) electrons. The summed E-state index contributed by atoms with van der Waals surface area (Å²) in [6.07, 6.45) is 0.653. The van der Waals surface area contributed by atoms with Crippen LogP contribution in [0.15, 0.2) is 29.1 Å². The number of nitrogens with one attached hydrogen (secondary N) is 3. The van der Waals surface area contributed by atoms with Gasteiger partial charge in [-0.25, -0.2) is 14.2 Å². The van der Waals surface area contributed by atoms with Gasteiger partial charge >= 0.3 is 6.09 Å². The van der Waals surface area contributed by atoms with Gasteiger partial charge in [-0.1, -0.05) is 39.8 Å². The molecule has 11 nitrogen and oxygen atoms in total. The average Bonchev–Trinajstić information content (AvgIpc) is 2.94. The third-order valence-corrected chi connectivity index (χ3v) is 13.0. The number of carbonyl (C=O) groups is 2. The summed E-state index contributed by atoms with van der Waals surface area (Å²) in [5, 5.41) is 15.9. The van der Waals surface area contributed by atoms with Gasteiger partial charge in [0.2, 0.25) is 5.75 Å². The van der Waals surface area contributed by atoms with Crippen molar-refractivity contribution in [3.8, 4) is 5.75 Å². The summed E-state index contributed by atoms with van der Waals surface area (Å²) in [4.78, 5) is 45.7. The maximum Gasteiger partial charge on any atom is 0.407 e. The Balaban J connectivity index is 1.91. The summed E-state index contributed by atoms with van der Waals surface area (Å²) in [7, 11) is -2.10. The van der Waals surface area contributed by atoms with Crippen molar-refractivity contribution in [3.63, 3.8) is 0 Å². The molecule has 45 heavy (non-hydrogen) atoms. The zero-order valence-electron chi connectivity index (χ0n) is 27.9. The van der Waals surface area contributed by atoms with E-state index in [1.807, 2.05) is 0 Å². The standard InChI is InChI=1S/C32H49FN4O7Si/c1-10-22(44-45(8,9)31(5,6)7)23-15-16-32(19-42-23,18-35-29(41)43-30(2,3)4)28-36-24(25(38)27(40)37-28)26(39)34-17-20-11-13-21(33)14-12-20/h11-14,22-23,38H,10,15-19H2,1-9H3,(H,34,39)(H,35,41)(H,36,37,40). The molecular weight excluding hydrogens is 599 g/mol. The van der Waals surface area contributed by atoms with Gasteiger partial charge in [-0.3, -0.25) is 9.59 Å². The highest BCUT2D eigenvalue weighted by molar-refractivity contribution is 6.74. The number of amides is 2. The van der Waals surface area contributed by atoms with Crippen LogP contribution in [0.2, 0.25) is 18.1 Å². The number of carbonyl (C=O) groups excluding carboxylic acids is 2. The number of alkyl carbamates (subject to hydrolysis) is 1. The molecule has 0 spiro atoms. The molecule has 0 bridgehead atoms. The van der Waals surface area contributed by atoms with Gasteiger partial charge in [0.1, 0.15) is 17.2 Å². The summed E-state index contributed by atoms with van der Waals surface area (Å²) >= 11 is 0. The number of hydrogen-bond acceptors (Lipinski definition) is 8. The van der Waals surface area contributed by atoms with Crippen LogP contribution in [0.4, 0.5) is 9.18 Å². The molecule has 250 valence electrons. The highest BCUT2D eigenvalue weighted by Gasteiger charge is 2.46. The van der Waals surface area contributed by atoms with Crippen LogP contribution in [-0.4, -0.2) is 66.4 Å². The van der Waals surface area contributed by atoms with Crippen molar-refractivity contribution in [1.29, 1.82) is 0 Å². The van der Waals surface area contributed by atoms with Gasteiger partial charge in [0.25, 0.3) is 11.5 Å². The number of aromatic nitrogens is 2. The first-order valence-electron chi connectivity index (χ1n) is 15.4. The molecule has 3 rings (SSSR count). The second-order valence-electron chi connectivity index (χ2n) is 14.3. The van der Waals surface area contributed by atoms with E-state index in [0.717, 1.165) is 6.42 Å². The number of ether oxygens (including phenoxy) is 2. The van der Waals surface area contributed by atoms with E-state index < -0.39 is 54.2 Å². The molecule has 3 unspecified atom stereocenters. The third kappa shape index (κ3) is 9.36. The number of aromatic amines is 1. The molecule has 13 heteroatoms. The fraction of sp³-hybridized carbons (Fsp3) is 0.625. The van der Waals surface area contributed by atoms with Crippen molar-refractivity contribution < 1.29 is 33.0 Å². The van der Waals surface area contributed by atoms with Crippen molar-refractivity contribution >= 4 is 20.3 Å². The second-order valence-corrected chi connectivity index (χ2v) is 19.0. The molecule has 1 saturated heterocycles. The highest BCUT2D eigenvalue weighted by atomic mass is 28.4. The first-order chi connectivity index (χ1) is 20.8. The van der Waals surface area contributed by atoms with Crippen LogP contribution in [0.3, 0.4) is 0 Å². The summed E-state index contributed by atoms with van der Waals surface area (Å²) in [5.41, 5.74) is -2.55. The van der Waals surface area contributed by atoms with Crippen molar-refractivity contribution in [2.45, 2.75) is 116 Å². The maximum atomic E-state index is 13.3. The minimum Gasteiger partial charge on any atom is -0.501 e. The zero-order valence-corrected chi connectivity index (χ0v) is 28.9. The number of hydrogen-bond donors (Lipinski definition) is 4. The molecule has 3 atom stereocenters. The van der Waals surface area contributed by atoms with E-state index in [2.05, 4.69) is 61.4 Å². The Morgan fingerprint density at radius 3 is 2.36 bits per heavy atom. The first kappa shape index (κ1) is 36.2. The van der Waals surface area contributed by atoms with Crippen molar-refractivity contribution in [1.82, 2.24) is 20.6 Å². The van der Waals surface area contributed by atoms with Gasteiger partial charge in [-0.05, 0) is 75.9 Å². The first-order valence-corrected chi connectivity index (χ1v) is 18.3. The Bertz CT molecular complexity index is 1390. The van der Waals surface area contributed by atoms with Gasteiger partial charge in [-0.15, -0.1) is 0 Å². The Morgan fingerprint density at radius 1 is 1.18 bits per heavy atom. The fourth-order valence-corrected chi connectivity index (χ4v) is 6.25. The minimum absolute atomic E-state index is 0.0132. The molecule has 1 fully saturated rings. The Morgan fingerprint density at radius 2 is 1.82 bits per heavy atom. The maximum absolute atomic E-state index is 13.3. The number of nitrogens with zero attached hydrogens (tertiary/aromatic N) is 1. The van der Waals surface area contributed by atoms with Crippen molar-refractivity contribution in [2.75, 3.05) is 13.2 Å². The molecule has 1 aromatic carbocycles. The smallest absolute Gasteiger partial charge is 0.407 e. The monoisotopic (exact) mass is 648 g/mol. The van der Waals surface area contributed by atoms with Crippen LogP contribution in [0.1, 0.15) is 89.6 Å². The van der Waals surface area contributed by atoms with Gasteiger partial charge in [0, 0.05) is 13.1 Å². The van der Waals surface area contributed by atoms with Gasteiger partial charge < -0.3 is 34.6 Å². The largest absolute Gasteiger partial charge is 0.501 e. The summed E-state index contributed by atoms with van der Waals surface area (Å²) in [6.45, 7) is 18.3. The normalized spacial score (nSPS) is 19.9. The Kier molecular flexibility index (Phi) is 11.3. The molecule has 1 aliphatic heterocycles. The second kappa shape index (κ2) is 14.0. The van der Waals surface area contributed by atoms with E-state index >= 15 is 0 Å². The molecule has 1 aliphatic rings. The number of rotatable bonds is 10. The van der Waals surface area contributed by atoms with Crippen LogP contribution in [-0.2, 0) is 25.9 Å². The molecule has 0 saturated carbocycles. The van der Waals surface area contributed by atoms with E-state index in [-0.39, 0.29) is 42.8 Å². The zero-order chi connectivity index (χ0) is 33.8. The molecule has 2 amide bonds. The number of benzene rings is 1. The average molecular weight is 649 g/mol. The quantitative estimate of drug-likeness (QED) is 0.254. The van der Waals surface area contributed by atoms with Crippen LogP contribution in [0.25, 0.3) is 0 Å². The van der Waals surface area contributed by atoms with Crippen LogP contribution in [0, 0.1) is 5.82 Å². The van der Waals surface area contributed by atoms with Crippen LogP contribution in [0.5, 0.6) is 5.75 Å². The molecule has 0 aliphatic carbocycles. The number of halogens is 1. The minimum atomic E-state index is -2.10. The lowest BCUT2D eigenvalue weighted by molar-refractivity contribution is -0.0877. The van der Waals surface area contributed by atoms with E-state index in [0.29, 0.717) is 18.4 Å². The predicted molar refractivity (Wildman–Crippen MR) is 171 cm³/mol. The fourth-order valence-electron chi connectivity index (χ4n) is 4.82. The lowest BCUT2D eigenvalue weighted by Gasteiger charge is -2.45. The van der Waals surface area contributed by atoms with E-state index in [1.54, 1.807) is 20.8 Å². The molecule has 2 heterocycles. The van der Waals surface area contributed by atoms with Gasteiger partial charge in [0.15, 0.2) is 14.0 Å². The Hall–Kier alpha value is -3.29. The Labute approximate surface area is 265 Å². The topological polar surface area (TPSA) is 152 Å². The molecule has 1 aromatic heterocycles. The molecular formula is C32H49FN4O7Si. The van der Waals surface area contributed by atoms with Crippen molar-refractivity contribution in [2.24, 2.45) is 0 Å². The summed E-state index contributed by atoms with van der Waals surface area (Å²) in [6, 6.07) is 5.55. The lowest BCUT2D eigenvalue weighted by Crippen LogP contribution is -2.54. The predicted octanol–water partition coefficient (Wildman–Crippen LogP) is 5.29. The number of H-pyrrole nitrogens is 1. The van der Waals surface area contributed by atoms with Crippen molar-refractivity contribution in [3.05, 3.63) is 57.5 Å². The third-order valence-electron chi connectivity index (χ3n) is 8.50. The van der Waals surface area contributed by atoms with E-state index in [4.69, 9.17) is 13.9 Å². The highest BCUT2D eigenvalue weighted by Crippen LogP contribution is 2.40. The number of aromatic hydroxyl groups is 1. The molecule has 4 N–H and O–H groups in total. The van der Waals surface area contributed by atoms with Gasteiger partial charge in [0.05, 0.1) is 24.2 Å². The summed E-state index contributed by atoms with van der Waals surface area (Å²) < 4.78 is 31.9. The lowest BCUT2D eigenvalue weighted by atomic mass is 9.79. The van der Waals surface area contributed by atoms with E-state index in [9.17, 15) is 23.9 Å². The molecule has 2 aromatic rings. The van der Waals surface area contributed by atoms with Gasteiger partial charge in [-0.2, -0.15) is 0 Å². The van der Waals surface area contributed by atoms with Crippen LogP contribution < -0.4 is 16.2 Å². The van der Waals surface area contributed by atoms with E-state index in [1.165, 1.54) is 24.3 Å². The van der Waals surface area contributed by atoms with Crippen LogP contribution >= 0.6 is 0 Å².